The molecule has 0 fully saturated rings. The zero-order valence-corrected chi connectivity index (χ0v) is 11.8. The standard InChI is InChI=1S/C14H26N2O2/c1-11(7-6-10-16-14(3,4)5)13(17)18-12(2)8-9-15/h16H,1-2,6-10,15H2,3-5H3. The van der Waals surface area contributed by atoms with Crippen molar-refractivity contribution >= 4 is 5.97 Å². The molecule has 3 N–H and O–H groups in total. The maximum atomic E-state index is 11.6. The van der Waals surface area contributed by atoms with Gasteiger partial charge in [-0.25, -0.2) is 4.79 Å². The van der Waals surface area contributed by atoms with E-state index in [2.05, 4.69) is 39.2 Å². The Morgan fingerprint density at radius 3 is 2.39 bits per heavy atom. The lowest BCUT2D eigenvalue weighted by Gasteiger charge is -2.20. The fraction of sp³-hybridized carbons (Fsp3) is 0.643. The van der Waals surface area contributed by atoms with Crippen molar-refractivity contribution < 1.29 is 9.53 Å². The normalized spacial score (nSPS) is 11.1. The molecule has 0 saturated carbocycles. The summed E-state index contributed by atoms with van der Waals surface area (Å²) >= 11 is 0. The summed E-state index contributed by atoms with van der Waals surface area (Å²) in [6.07, 6.45) is 1.97. The molecule has 0 aromatic rings. The summed E-state index contributed by atoms with van der Waals surface area (Å²) in [5.74, 6) is 0.000625. The lowest BCUT2D eigenvalue weighted by atomic mass is 10.1. The van der Waals surface area contributed by atoms with Crippen LogP contribution < -0.4 is 11.1 Å². The van der Waals surface area contributed by atoms with Gasteiger partial charge >= 0.3 is 5.97 Å². The van der Waals surface area contributed by atoms with Gasteiger partial charge in [0.05, 0.1) is 0 Å². The van der Waals surface area contributed by atoms with Gasteiger partial charge in [-0.3, -0.25) is 0 Å². The minimum atomic E-state index is -0.399. The molecule has 0 aromatic carbocycles. The van der Waals surface area contributed by atoms with Crippen LogP contribution >= 0.6 is 0 Å². The largest absolute Gasteiger partial charge is 0.428 e. The number of nitrogens with one attached hydrogen (secondary N) is 1. The van der Waals surface area contributed by atoms with E-state index in [9.17, 15) is 4.79 Å². The van der Waals surface area contributed by atoms with E-state index in [-0.39, 0.29) is 5.54 Å². The minimum Gasteiger partial charge on any atom is -0.428 e. The molecule has 0 heterocycles. The number of rotatable bonds is 8. The van der Waals surface area contributed by atoms with Crippen molar-refractivity contribution in [2.45, 2.75) is 45.6 Å². The first kappa shape index (κ1) is 16.9. The lowest BCUT2D eigenvalue weighted by Crippen LogP contribution is -2.36. The highest BCUT2D eigenvalue weighted by Gasteiger charge is 2.11. The highest BCUT2D eigenvalue weighted by molar-refractivity contribution is 5.88. The number of carbonyl (C=O) groups excluding carboxylic acids is 1. The SMILES string of the molecule is C=C(CCN)OC(=O)C(=C)CCCNC(C)(C)C. The van der Waals surface area contributed by atoms with E-state index >= 15 is 0 Å². The topological polar surface area (TPSA) is 64.3 Å². The molecule has 0 aliphatic heterocycles. The number of esters is 1. The molecule has 0 bridgehead atoms. The second-order valence-electron chi connectivity index (χ2n) is 5.35. The second-order valence-corrected chi connectivity index (χ2v) is 5.35. The van der Waals surface area contributed by atoms with Crippen LogP contribution in [0.1, 0.15) is 40.0 Å². The van der Waals surface area contributed by atoms with Gasteiger partial charge in [0, 0.05) is 17.5 Å². The number of nitrogens with two attached hydrogens (primary N) is 1. The number of ether oxygens (including phenoxy) is 1. The van der Waals surface area contributed by atoms with Crippen molar-refractivity contribution in [2.75, 3.05) is 13.1 Å². The van der Waals surface area contributed by atoms with E-state index < -0.39 is 5.97 Å². The monoisotopic (exact) mass is 254 g/mol. The molecule has 0 aromatic heterocycles. The fourth-order valence-corrected chi connectivity index (χ4v) is 1.28. The van der Waals surface area contributed by atoms with Crippen LogP contribution in [-0.2, 0) is 9.53 Å². The summed E-state index contributed by atoms with van der Waals surface area (Å²) in [4.78, 5) is 11.6. The number of carbonyl (C=O) groups is 1. The third-order valence-electron chi connectivity index (χ3n) is 2.26. The minimum absolute atomic E-state index is 0.0945. The third-order valence-corrected chi connectivity index (χ3v) is 2.26. The Morgan fingerprint density at radius 1 is 1.28 bits per heavy atom. The molecular weight excluding hydrogens is 228 g/mol. The Balaban J connectivity index is 3.82. The molecule has 104 valence electrons. The van der Waals surface area contributed by atoms with Crippen molar-refractivity contribution in [3.63, 3.8) is 0 Å². The van der Waals surface area contributed by atoms with Crippen molar-refractivity contribution in [1.82, 2.24) is 5.32 Å². The van der Waals surface area contributed by atoms with E-state index in [1.165, 1.54) is 0 Å². The molecule has 0 aliphatic carbocycles. The van der Waals surface area contributed by atoms with Gasteiger partial charge in [-0.05, 0) is 46.7 Å². The summed E-state index contributed by atoms with van der Waals surface area (Å²) in [7, 11) is 0. The average Bonchev–Trinajstić information content (AvgIpc) is 2.22. The highest BCUT2D eigenvalue weighted by atomic mass is 16.5. The number of hydrogen-bond donors (Lipinski definition) is 2. The van der Waals surface area contributed by atoms with Crippen LogP contribution in [-0.4, -0.2) is 24.6 Å². The van der Waals surface area contributed by atoms with Gasteiger partial charge < -0.3 is 15.8 Å². The zero-order valence-electron chi connectivity index (χ0n) is 11.8. The van der Waals surface area contributed by atoms with E-state index in [0.29, 0.717) is 30.7 Å². The van der Waals surface area contributed by atoms with Crippen molar-refractivity contribution in [2.24, 2.45) is 5.73 Å². The molecule has 0 rings (SSSR count). The number of hydrogen-bond acceptors (Lipinski definition) is 4. The van der Waals surface area contributed by atoms with E-state index in [1.54, 1.807) is 0 Å². The van der Waals surface area contributed by atoms with Gasteiger partial charge in [0.2, 0.25) is 0 Å². The lowest BCUT2D eigenvalue weighted by molar-refractivity contribution is -0.135. The van der Waals surface area contributed by atoms with Crippen molar-refractivity contribution in [1.29, 1.82) is 0 Å². The molecule has 4 nitrogen and oxygen atoms in total. The maximum absolute atomic E-state index is 11.6. The van der Waals surface area contributed by atoms with Crippen molar-refractivity contribution in [3.8, 4) is 0 Å². The fourth-order valence-electron chi connectivity index (χ4n) is 1.28. The molecule has 0 saturated heterocycles. The molecule has 0 radical (unpaired) electrons. The summed E-state index contributed by atoms with van der Waals surface area (Å²) in [5, 5.41) is 3.35. The van der Waals surface area contributed by atoms with E-state index in [1.807, 2.05) is 0 Å². The molecule has 0 unspecified atom stereocenters. The molecule has 0 atom stereocenters. The Kier molecular flexibility index (Phi) is 7.55. The van der Waals surface area contributed by atoms with Crippen LogP contribution in [0.3, 0.4) is 0 Å². The average molecular weight is 254 g/mol. The second kappa shape index (κ2) is 8.06. The van der Waals surface area contributed by atoms with E-state index in [4.69, 9.17) is 10.5 Å². The predicted octanol–water partition coefficient (Wildman–Crippen LogP) is 2.12. The van der Waals surface area contributed by atoms with Gasteiger partial charge in [0.1, 0.15) is 5.76 Å². The zero-order chi connectivity index (χ0) is 14.2. The van der Waals surface area contributed by atoms with Crippen LogP contribution in [0.2, 0.25) is 0 Å². The van der Waals surface area contributed by atoms with Crippen LogP contribution in [0.4, 0.5) is 0 Å². The summed E-state index contributed by atoms with van der Waals surface area (Å²) in [5.41, 5.74) is 5.91. The quantitative estimate of drug-likeness (QED) is 0.301. The van der Waals surface area contributed by atoms with Crippen LogP contribution in [0.5, 0.6) is 0 Å². The summed E-state index contributed by atoms with van der Waals surface area (Å²) < 4.78 is 5.02. The Bertz CT molecular complexity index is 303. The van der Waals surface area contributed by atoms with E-state index in [0.717, 1.165) is 13.0 Å². The smallest absolute Gasteiger partial charge is 0.338 e. The first-order chi connectivity index (χ1) is 8.26. The molecular formula is C14H26N2O2. The highest BCUT2D eigenvalue weighted by Crippen LogP contribution is 2.09. The first-order valence-electron chi connectivity index (χ1n) is 6.29. The first-order valence-corrected chi connectivity index (χ1v) is 6.29. The van der Waals surface area contributed by atoms with Gasteiger partial charge in [-0.15, -0.1) is 0 Å². The molecule has 0 spiro atoms. The summed E-state index contributed by atoms with van der Waals surface area (Å²) in [6, 6.07) is 0. The van der Waals surface area contributed by atoms with Crippen LogP contribution in [0.25, 0.3) is 0 Å². The van der Waals surface area contributed by atoms with Crippen molar-refractivity contribution in [3.05, 3.63) is 24.5 Å². The molecule has 18 heavy (non-hydrogen) atoms. The van der Waals surface area contributed by atoms with Gasteiger partial charge in [0.15, 0.2) is 0 Å². The Labute approximate surface area is 110 Å². The third kappa shape index (κ3) is 8.96. The summed E-state index contributed by atoms with van der Waals surface area (Å²) in [6.45, 7) is 14.9. The molecule has 4 heteroatoms. The van der Waals surface area contributed by atoms with Crippen LogP contribution in [0, 0.1) is 0 Å². The Morgan fingerprint density at radius 2 is 1.89 bits per heavy atom. The van der Waals surface area contributed by atoms with Gasteiger partial charge in [-0.1, -0.05) is 13.2 Å². The van der Waals surface area contributed by atoms with Crippen LogP contribution in [0.15, 0.2) is 24.5 Å². The predicted molar refractivity (Wildman–Crippen MR) is 75.0 cm³/mol. The molecule has 0 amide bonds. The maximum Gasteiger partial charge on any atom is 0.338 e. The Hall–Kier alpha value is -1.13. The molecule has 0 aliphatic rings. The van der Waals surface area contributed by atoms with Gasteiger partial charge in [-0.2, -0.15) is 0 Å². The van der Waals surface area contributed by atoms with Gasteiger partial charge in [0.25, 0.3) is 0 Å².